The highest BCUT2D eigenvalue weighted by molar-refractivity contribution is 6.01. The number of H-pyrrole nitrogens is 1. The highest BCUT2D eigenvalue weighted by Gasteiger charge is 2.11. The van der Waals surface area contributed by atoms with E-state index in [1.54, 1.807) is 19.3 Å². The van der Waals surface area contributed by atoms with Crippen molar-refractivity contribution in [3.63, 3.8) is 0 Å². The molecule has 6 nitrogen and oxygen atoms in total. The van der Waals surface area contributed by atoms with Gasteiger partial charge in [-0.2, -0.15) is 0 Å². The van der Waals surface area contributed by atoms with Crippen molar-refractivity contribution in [3.05, 3.63) is 53.3 Å². The number of aromatic nitrogens is 1. The fourth-order valence-electron chi connectivity index (χ4n) is 1.73. The molecule has 0 spiro atoms. The average Bonchev–Trinajstić information content (AvgIpc) is 2.92. The third-order valence-corrected chi connectivity index (χ3v) is 2.72. The Morgan fingerprint density at radius 1 is 1.05 bits per heavy atom. The van der Waals surface area contributed by atoms with Crippen LogP contribution in [0.5, 0.6) is 0 Å². The van der Waals surface area contributed by atoms with Crippen LogP contribution in [0.2, 0.25) is 0 Å². The maximum Gasteiger partial charge on any atom is 0.335 e. The number of carboxylic acids is 2. The fraction of sp³-hybridized carbons (Fsp3) is 0.0714. The fourth-order valence-corrected chi connectivity index (χ4v) is 1.73. The summed E-state index contributed by atoms with van der Waals surface area (Å²) >= 11 is 0. The molecule has 2 aromatic rings. The molecule has 0 radical (unpaired) electrons. The van der Waals surface area contributed by atoms with E-state index in [0.717, 1.165) is 11.6 Å². The van der Waals surface area contributed by atoms with Crippen LogP contribution in [0.3, 0.4) is 0 Å². The second kappa shape index (κ2) is 5.40. The Morgan fingerprint density at radius 3 is 2.10 bits per heavy atom. The molecule has 0 atom stereocenters. The molecule has 0 fully saturated rings. The molecular formula is C14H12N2O4. The first-order chi connectivity index (χ1) is 9.47. The Morgan fingerprint density at radius 2 is 1.65 bits per heavy atom. The van der Waals surface area contributed by atoms with Crippen molar-refractivity contribution in [1.82, 2.24) is 4.98 Å². The molecule has 0 saturated carbocycles. The van der Waals surface area contributed by atoms with E-state index in [4.69, 9.17) is 10.2 Å². The standard InChI is InChI=1S/C14H12N2O4/c1-8(9-2-3-15-7-9)16-12-5-10(13(17)18)4-11(6-12)14(19)20/h2-7,15H,1H3,(H,17,18)(H,19,20). The topological polar surface area (TPSA) is 103 Å². The van der Waals surface area contributed by atoms with E-state index in [-0.39, 0.29) is 11.1 Å². The lowest BCUT2D eigenvalue weighted by Gasteiger charge is -2.03. The zero-order chi connectivity index (χ0) is 14.7. The van der Waals surface area contributed by atoms with Crippen LogP contribution in [0.15, 0.2) is 41.7 Å². The number of hydrogen-bond acceptors (Lipinski definition) is 3. The summed E-state index contributed by atoms with van der Waals surface area (Å²) in [5.74, 6) is -2.38. The number of carbonyl (C=O) groups is 2. The Kier molecular flexibility index (Phi) is 3.65. The van der Waals surface area contributed by atoms with Gasteiger partial charge in [-0.15, -0.1) is 0 Å². The lowest BCUT2D eigenvalue weighted by Crippen LogP contribution is -2.02. The number of benzene rings is 1. The number of carboxylic acid groups (broad SMARTS) is 2. The molecule has 0 aliphatic carbocycles. The monoisotopic (exact) mass is 272 g/mol. The SMILES string of the molecule is CC(=Nc1cc(C(=O)O)cc(C(=O)O)c1)c1cc[nH]c1. The van der Waals surface area contributed by atoms with Crippen LogP contribution in [0.1, 0.15) is 33.2 Å². The third kappa shape index (κ3) is 2.92. The number of hydrogen-bond donors (Lipinski definition) is 3. The molecule has 1 aromatic carbocycles. The maximum absolute atomic E-state index is 11.0. The molecule has 102 valence electrons. The lowest BCUT2D eigenvalue weighted by molar-refractivity contribution is 0.0696. The van der Waals surface area contributed by atoms with E-state index in [9.17, 15) is 9.59 Å². The summed E-state index contributed by atoms with van der Waals surface area (Å²) in [6.07, 6.45) is 3.49. The Bertz CT molecular complexity index is 655. The maximum atomic E-state index is 11.0. The van der Waals surface area contributed by atoms with E-state index in [2.05, 4.69) is 9.98 Å². The quantitative estimate of drug-likeness (QED) is 0.744. The average molecular weight is 272 g/mol. The van der Waals surface area contributed by atoms with Crippen LogP contribution < -0.4 is 0 Å². The van der Waals surface area contributed by atoms with Crippen molar-refractivity contribution < 1.29 is 19.8 Å². The molecule has 0 saturated heterocycles. The van der Waals surface area contributed by atoms with Crippen molar-refractivity contribution in [2.24, 2.45) is 4.99 Å². The minimum Gasteiger partial charge on any atom is -0.478 e. The summed E-state index contributed by atoms with van der Waals surface area (Å²) in [5, 5.41) is 18.0. The first-order valence-corrected chi connectivity index (χ1v) is 5.77. The number of rotatable bonds is 4. The molecule has 3 N–H and O–H groups in total. The van der Waals surface area contributed by atoms with Gasteiger partial charge >= 0.3 is 11.9 Å². The Balaban J connectivity index is 2.48. The minimum atomic E-state index is -1.19. The second-order valence-electron chi connectivity index (χ2n) is 4.18. The number of aromatic carboxylic acids is 2. The smallest absolute Gasteiger partial charge is 0.335 e. The van der Waals surface area contributed by atoms with E-state index in [0.29, 0.717) is 11.4 Å². The molecule has 0 aliphatic rings. The lowest BCUT2D eigenvalue weighted by atomic mass is 10.1. The van der Waals surface area contributed by atoms with Crippen molar-refractivity contribution in [1.29, 1.82) is 0 Å². The van der Waals surface area contributed by atoms with Crippen LogP contribution in [0.25, 0.3) is 0 Å². The van der Waals surface area contributed by atoms with Gasteiger partial charge in [0.2, 0.25) is 0 Å². The summed E-state index contributed by atoms with van der Waals surface area (Å²) in [6, 6.07) is 5.60. The van der Waals surface area contributed by atoms with E-state index >= 15 is 0 Å². The summed E-state index contributed by atoms with van der Waals surface area (Å²) in [5.41, 5.74) is 1.59. The molecule has 0 amide bonds. The Hall–Kier alpha value is -2.89. The van der Waals surface area contributed by atoms with Crippen molar-refractivity contribution >= 4 is 23.3 Å². The molecule has 6 heteroatoms. The zero-order valence-electron chi connectivity index (χ0n) is 10.6. The van der Waals surface area contributed by atoms with Crippen LogP contribution in [0, 0.1) is 0 Å². The van der Waals surface area contributed by atoms with E-state index < -0.39 is 11.9 Å². The van der Waals surface area contributed by atoms with Crippen LogP contribution in [0.4, 0.5) is 5.69 Å². The summed E-state index contributed by atoms with van der Waals surface area (Å²) in [4.78, 5) is 29.1. The van der Waals surface area contributed by atoms with E-state index in [1.807, 2.05) is 6.07 Å². The van der Waals surface area contributed by atoms with Gasteiger partial charge in [0, 0.05) is 23.7 Å². The highest BCUT2D eigenvalue weighted by Crippen LogP contribution is 2.19. The minimum absolute atomic E-state index is 0.106. The zero-order valence-corrected chi connectivity index (χ0v) is 10.6. The molecular weight excluding hydrogens is 260 g/mol. The van der Waals surface area contributed by atoms with Gasteiger partial charge in [0.1, 0.15) is 0 Å². The van der Waals surface area contributed by atoms with Gasteiger partial charge in [-0.25, -0.2) is 9.59 Å². The van der Waals surface area contributed by atoms with Gasteiger partial charge in [-0.3, -0.25) is 4.99 Å². The highest BCUT2D eigenvalue weighted by atomic mass is 16.4. The van der Waals surface area contributed by atoms with Crippen LogP contribution in [-0.4, -0.2) is 32.8 Å². The molecule has 2 rings (SSSR count). The van der Waals surface area contributed by atoms with Crippen LogP contribution >= 0.6 is 0 Å². The third-order valence-electron chi connectivity index (χ3n) is 2.72. The largest absolute Gasteiger partial charge is 0.478 e. The van der Waals surface area contributed by atoms with Gasteiger partial charge in [-0.05, 0) is 31.2 Å². The Labute approximate surface area is 114 Å². The van der Waals surface area contributed by atoms with Crippen molar-refractivity contribution in [2.45, 2.75) is 6.92 Å². The summed E-state index contributed by atoms with van der Waals surface area (Å²) in [7, 11) is 0. The molecule has 1 heterocycles. The normalized spacial score (nSPS) is 11.3. The summed E-state index contributed by atoms with van der Waals surface area (Å²) < 4.78 is 0. The summed E-state index contributed by atoms with van der Waals surface area (Å²) in [6.45, 7) is 1.76. The molecule has 1 aromatic heterocycles. The number of aromatic amines is 1. The molecule has 0 bridgehead atoms. The number of nitrogens with one attached hydrogen (secondary N) is 1. The molecule has 0 aliphatic heterocycles. The molecule has 0 unspecified atom stereocenters. The predicted octanol–water partition coefficient (Wildman–Crippen LogP) is 2.55. The van der Waals surface area contributed by atoms with Gasteiger partial charge in [0.15, 0.2) is 0 Å². The van der Waals surface area contributed by atoms with E-state index in [1.165, 1.54) is 12.1 Å². The first-order valence-electron chi connectivity index (χ1n) is 5.77. The van der Waals surface area contributed by atoms with Crippen molar-refractivity contribution in [3.8, 4) is 0 Å². The van der Waals surface area contributed by atoms with Gasteiger partial charge < -0.3 is 15.2 Å². The predicted molar refractivity (Wildman–Crippen MR) is 73.0 cm³/mol. The van der Waals surface area contributed by atoms with Gasteiger partial charge in [0.25, 0.3) is 0 Å². The number of aliphatic imine (C=N–C) groups is 1. The number of nitrogens with zero attached hydrogens (tertiary/aromatic N) is 1. The van der Waals surface area contributed by atoms with Gasteiger partial charge in [-0.1, -0.05) is 0 Å². The van der Waals surface area contributed by atoms with Crippen LogP contribution in [-0.2, 0) is 0 Å². The van der Waals surface area contributed by atoms with Gasteiger partial charge in [0.05, 0.1) is 16.8 Å². The second-order valence-corrected chi connectivity index (χ2v) is 4.18. The van der Waals surface area contributed by atoms with Crippen molar-refractivity contribution in [2.75, 3.05) is 0 Å². The molecule has 20 heavy (non-hydrogen) atoms. The first kappa shape index (κ1) is 13.5.